The van der Waals surface area contributed by atoms with Gasteiger partial charge in [0.2, 0.25) is 0 Å². The normalized spacial score (nSPS) is 24.9. The number of rotatable bonds is 3. The van der Waals surface area contributed by atoms with Crippen LogP contribution >= 0.6 is 11.8 Å². The topological polar surface area (TPSA) is 12.0 Å². The van der Waals surface area contributed by atoms with Crippen molar-refractivity contribution < 1.29 is 0 Å². The molecule has 1 nitrogen and oxygen atoms in total. The van der Waals surface area contributed by atoms with Gasteiger partial charge in [0.05, 0.1) is 0 Å². The quantitative estimate of drug-likeness (QED) is 0.717. The second-order valence-corrected chi connectivity index (χ2v) is 4.61. The fourth-order valence-corrected chi connectivity index (χ4v) is 2.69. The Hall–Kier alpha value is -0.470. The smallest absolute Gasteiger partial charge is 0.0309 e. The molecule has 78 valence electrons. The van der Waals surface area contributed by atoms with E-state index in [9.17, 15) is 0 Å². The van der Waals surface area contributed by atoms with Crippen LogP contribution in [0.2, 0.25) is 0 Å². The summed E-state index contributed by atoms with van der Waals surface area (Å²) in [6.45, 7) is 8.18. The largest absolute Gasteiger partial charge is 0.316 e. The van der Waals surface area contributed by atoms with E-state index >= 15 is 0 Å². The van der Waals surface area contributed by atoms with Gasteiger partial charge in [-0.2, -0.15) is 11.8 Å². The third-order valence-electron chi connectivity index (χ3n) is 2.27. The Balaban J connectivity index is 2.61. The second kappa shape index (κ2) is 6.91. The zero-order valence-electron chi connectivity index (χ0n) is 8.83. The Morgan fingerprint density at radius 1 is 1.50 bits per heavy atom. The number of thioether (sulfide) groups is 1. The third kappa shape index (κ3) is 3.72. The van der Waals surface area contributed by atoms with Crippen molar-refractivity contribution in [2.45, 2.75) is 18.6 Å². The maximum atomic E-state index is 3.88. The first kappa shape index (κ1) is 11.6. The van der Waals surface area contributed by atoms with E-state index in [2.05, 4.69) is 30.1 Å². The molecular formula is C12H19NS. The highest BCUT2D eigenvalue weighted by Crippen LogP contribution is 2.24. The van der Waals surface area contributed by atoms with E-state index in [4.69, 9.17) is 0 Å². The van der Waals surface area contributed by atoms with Gasteiger partial charge in [0, 0.05) is 17.5 Å². The van der Waals surface area contributed by atoms with E-state index in [-0.39, 0.29) is 0 Å². The van der Waals surface area contributed by atoms with Crippen molar-refractivity contribution in [3.05, 3.63) is 36.5 Å². The molecule has 1 atom stereocenters. The van der Waals surface area contributed by atoms with E-state index in [1.165, 1.54) is 17.7 Å². The van der Waals surface area contributed by atoms with Crippen molar-refractivity contribution in [3.8, 4) is 0 Å². The Labute approximate surface area is 91.4 Å². The zero-order chi connectivity index (χ0) is 10.2. The fraction of sp³-hybridized carbons (Fsp3) is 0.500. The Kier molecular flexibility index (Phi) is 5.72. The van der Waals surface area contributed by atoms with Gasteiger partial charge in [0.25, 0.3) is 0 Å². The maximum absolute atomic E-state index is 3.88. The average Bonchev–Trinajstić information content (AvgIpc) is 2.48. The summed E-state index contributed by atoms with van der Waals surface area (Å²) in [5.74, 6) is 1.20. The van der Waals surface area contributed by atoms with Crippen molar-refractivity contribution >= 4 is 11.8 Å². The summed E-state index contributed by atoms with van der Waals surface area (Å²) in [5.41, 5.74) is 1.36. The van der Waals surface area contributed by atoms with Gasteiger partial charge in [-0.25, -0.2) is 0 Å². The molecule has 1 N–H and O–H groups in total. The van der Waals surface area contributed by atoms with E-state index in [0.717, 1.165) is 13.1 Å². The Bertz CT molecular complexity index is 222. The van der Waals surface area contributed by atoms with Gasteiger partial charge in [-0.05, 0) is 25.5 Å². The average molecular weight is 209 g/mol. The minimum Gasteiger partial charge on any atom is -0.316 e. The van der Waals surface area contributed by atoms with Crippen LogP contribution in [0.5, 0.6) is 0 Å². The minimum atomic E-state index is 0.624. The summed E-state index contributed by atoms with van der Waals surface area (Å²) in [6.07, 6.45) is 9.53. The summed E-state index contributed by atoms with van der Waals surface area (Å²) < 4.78 is 0. The summed E-state index contributed by atoms with van der Waals surface area (Å²) in [7, 11) is 0. The molecule has 1 rings (SSSR count). The molecule has 0 amide bonds. The Morgan fingerprint density at radius 3 is 3.07 bits per heavy atom. The summed E-state index contributed by atoms with van der Waals surface area (Å²) in [5, 5.41) is 4.04. The summed E-state index contributed by atoms with van der Waals surface area (Å²) >= 11 is 2.03. The zero-order valence-corrected chi connectivity index (χ0v) is 9.65. The monoisotopic (exact) mass is 209 g/mol. The van der Waals surface area contributed by atoms with Crippen LogP contribution in [0, 0.1) is 0 Å². The molecule has 14 heavy (non-hydrogen) atoms. The number of allylic oxidation sites excluding steroid dienone is 4. The molecule has 0 aromatic carbocycles. The molecule has 1 heterocycles. The molecule has 0 bridgehead atoms. The van der Waals surface area contributed by atoms with Gasteiger partial charge >= 0.3 is 0 Å². The highest BCUT2D eigenvalue weighted by molar-refractivity contribution is 8.00. The van der Waals surface area contributed by atoms with Crippen LogP contribution in [0.4, 0.5) is 0 Å². The lowest BCUT2D eigenvalue weighted by Gasteiger charge is -2.13. The van der Waals surface area contributed by atoms with Crippen LogP contribution in [0.25, 0.3) is 0 Å². The number of hydrogen-bond acceptors (Lipinski definition) is 2. The predicted octanol–water partition coefficient (Wildman–Crippen LogP) is 2.77. The second-order valence-electron chi connectivity index (χ2n) is 3.29. The van der Waals surface area contributed by atoms with E-state index < -0.39 is 0 Å². The first-order valence-electron chi connectivity index (χ1n) is 5.16. The molecule has 0 radical (unpaired) electrons. The lowest BCUT2D eigenvalue weighted by Crippen LogP contribution is -2.16. The fourth-order valence-electron chi connectivity index (χ4n) is 1.49. The van der Waals surface area contributed by atoms with Crippen molar-refractivity contribution in [2.24, 2.45) is 0 Å². The van der Waals surface area contributed by atoms with Gasteiger partial charge in [-0.15, -0.1) is 0 Å². The maximum Gasteiger partial charge on any atom is 0.0309 e. The highest BCUT2D eigenvalue weighted by atomic mass is 32.2. The van der Waals surface area contributed by atoms with Gasteiger partial charge in [-0.1, -0.05) is 30.9 Å². The molecule has 1 aliphatic heterocycles. The first-order valence-corrected chi connectivity index (χ1v) is 6.21. The Morgan fingerprint density at radius 2 is 2.36 bits per heavy atom. The molecular weight excluding hydrogens is 190 g/mol. The van der Waals surface area contributed by atoms with Gasteiger partial charge < -0.3 is 5.32 Å². The van der Waals surface area contributed by atoms with Crippen molar-refractivity contribution in [3.63, 3.8) is 0 Å². The van der Waals surface area contributed by atoms with E-state index in [1.807, 2.05) is 24.8 Å². The summed E-state index contributed by atoms with van der Waals surface area (Å²) in [6, 6.07) is 0. The first-order chi connectivity index (χ1) is 6.88. The molecule has 0 aromatic heterocycles. The molecule has 0 aromatic rings. The highest BCUT2D eigenvalue weighted by Gasteiger charge is 2.14. The van der Waals surface area contributed by atoms with Gasteiger partial charge in [0.15, 0.2) is 0 Å². The number of nitrogens with one attached hydrogen (secondary N) is 1. The van der Waals surface area contributed by atoms with Crippen LogP contribution in [0.3, 0.4) is 0 Å². The molecule has 1 saturated heterocycles. The van der Waals surface area contributed by atoms with Gasteiger partial charge in [-0.3, -0.25) is 0 Å². The molecule has 0 spiro atoms. The predicted molar refractivity (Wildman–Crippen MR) is 66.8 cm³/mol. The molecule has 0 aliphatic carbocycles. The van der Waals surface area contributed by atoms with E-state index in [0.29, 0.717) is 5.25 Å². The lowest BCUT2D eigenvalue weighted by atomic mass is 10.1. The van der Waals surface area contributed by atoms with Crippen molar-refractivity contribution in [1.82, 2.24) is 5.32 Å². The number of hydrogen-bond donors (Lipinski definition) is 1. The minimum absolute atomic E-state index is 0.624. The van der Waals surface area contributed by atoms with Crippen molar-refractivity contribution in [2.75, 3.05) is 18.8 Å². The van der Waals surface area contributed by atoms with Crippen LogP contribution in [-0.4, -0.2) is 24.1 Å². The molecule has 1 unspecified atom stereocenters. The SMILES string of the molecule is C=C/C(=C\C=C/C)C1CCNCCS1. The standard InChI is InChI=1S/C12H19NS/c1-3-5-6-11(4-2)12-7-8-13-9-10-14-12/h3-6,12-13H,2,7-10H2,1H3/b5-3-,11-6+. The van der Waals surface area contributed by atoms with Crippen LogP contribution in [0.1, 0.15) is 13.3 Å². The third-order valence-corrected chi connectivity index (χ3v) is 3.62. The molecule has 0 saturated carbocycles. The van der Waals surface area contributed by atoms with E-state index in [1.54, 1.807) is 0 Å². The molecule has 1 aliphatic rings. The van der Waals surface area contributed by atoms with Crippen LogP contribution < -0.4 is 5.32 Å². The molecule has 1 fully saturated rings. The van der Waals surface area contributed by atoms with Crippen LogP contribution in [0.15, 0.2) is 36.5 Å². The van der Waals surface area contributed by atoms with Gasteiger partial charge in [0.1, 0.15) is 0 Å². The van der Waals surface area contributed by atoms with Crippen LogP contribution in [-0.2, 0) is 0 Å². The lowest BCUT2D eigenvalue weighted by molar-refractivity contribution is 0.700. The molecule has 2 heteroatoms. The van der Waals surface area contributed by atoms with Crippen molar-refractivity contribution in [1.29, 1.82) is 0 Å². The summed E-state index contributed by atoms with van der Waals surface area (Å²) in [4.78, 5) is 0.